The molecule has 3 aromatic carbocycles. The van der Waals surface area contributed by atoms with Crippen LogP contribution in [-0.2, 0) is 0 Å². The number of ether oxygens (including phenoxy) is 3. The van der Waals surface area contributed by atoms with Crippen LogP contribution in [0.4, 0.5) is 17.6 Å². The number of carbonyl (C=O) groups excluding carboxylic acids is 1. The van der Waals surface area contributed by atoms with Gasteiger partial charge in [0.15, 0.2) is 17.4 Å². The lowest BCUT2D eigenvalue weighted by molar-refractivity contribution is 0.0734. The van der Waals surface area contributed by atoms with E-state index in [0.717, 1.165) is 0 Å². The zero-order chi connectivity index (χ0) is 26.2. The molecule has 0 radical (unpaired) electrons. The van der Waals surface area contributed by atoms with Crippen molar-refractivity contribution >= 4 is 5.97 Å². The predicted octanol–water partition coefficient (Wildman–Crippen LogP) is 6.69. The predicted molar refractivity (Wildman–Crippen MR) is 126 cm³/mol. The van der Waals surface area contributed by atoms with Gasteiger partial charge < -0.3 is 14.2 Å². The Hall–Kier alpha value is -3.99. The Kier molecular flexibility index (Phi) is 8.96. The van der Waals surface area contributed by atoms with Crippen molar-refractivity contribution in [1.29, 1.82) is 0 Å². The van der Waals surface area contributed by atoms with Crippen molar-refractivity contribution in [2.45, 2.75) is 27.2 Å². The Bertz CT molecular complexity index is 1250. The van der Waals surface area contributed by atoms with Crippen LogP contribution in [0, 0.1) is 41.0 Å². The molecule has 0 aliphatic carbocycles. The second-order valence-corrected chi connectivity index (χ2v) is 7.91. The van der Waals surface area contributed by atoms with Crippen molar-refractivity contribution in [3.8, 4) is 29.1 Å². The first-order chi connectivity index (χ1) is 17.2. The van der Waals surface area contributed by atoms with Gasteiger partial charge in [0.25, 0.3) is 0 Å². The molecule has 0 spiro atoms. The molecule has 0 heterocycles. The Labute approximate surface area is 206 Å². The lowest BCUT2D eigenvalue weighted by Gasteiger charge is -2.13. The minimum atomic E-state index is -1.64. The van der Waals surface area contributed by atoms with Crippen molar-refractivity contribution in [3.63, 3.8) is 0 Å². The van der Waals surface area contributed by atoms with Gasteiger partial charge >= 0.3 is 5.97 Å². The Morgan fingerprint density at radius 1 is 0.806 bits per heavy atom. The van der Waals surface area contributed by atoms with Crippen molar-refractivity contribution in [2.75, 3.05) is 13.2 Å². The van der Waals surface area contributed by atoms with Gasteiger partial charge in [0.1, 0.15) is 17.1 Å². The second-order valence-electron chi connectivity index (χ2n) is 7.91. The molecule has 0 aliphatic rings. The zero-order valence-corrected chi connectivity index (χ0v) is 20.0. The van der Waals surface area contributed by atoms with Crippen LogP contribution in [0.15, 0.2) is 48.5 Å². The van der Waals surface area contributed by atoms with Gasteiger partial charge in [-0.25, -0.2) is 13.6 Å². The summed E-state index contributed by atoms with van der Waals surface area (Å²) in [7, 11) is 0. The summed E-state index contributed by atoms with van der Waals surface area (Å²) in [5, 5.41) is 0. The number of benzene rings is 3. The molecule has 8 heteroatoms. The van der Waals surface area contributed by atoms with E-state index >= 15 is 0 Å². The third kappa shape index (κ3) is 6.36. The first-order valence-corrected chi connectivity index (χ1v) is 11.3. The van der Waals surface area contributed by atoms with Crippen molar-refractivity contribution in [2.24, 2.45) is 5.92 Å². The van der Waals surface area contributed by atoms with Gasteiger partial charge in [0, 0.05) is 5.56 Å². The van der Waals surface area contributed by atoms with Gasteiger partial charge in [0.05, 0.1) is 18.8 Å². The van der Waals surface area contributed by atoms with Gasteiger partial charge in [-0.3, -0.25) is 0 Å². The Morgan fingerprint density at radius 3 is 1.94 bits per heavy atom. The number of hydrogen-bond donors (Lipinski definition) is 0. The first kappa shape index (κ1) is 26.6. The number of hydrogen-bond acceptors (Lipinski definition) is 4. The van der Waals surface area contributed by atoms with Crippen LogP contribution in [0.5, 0.6) is 17.2 Å². The van der Waals surface area contributed by atoms with E-state index in [9.17, 15) is 22.4 Å². The fraction of sp³-hybridized carbons (Fsp3) is 0.250. The first-order valence-electron chi connectivity index (χ1n) is 11.3. The minimum Gasteiger partial charge on any atom is -0.494 e. The molecule has 0 aromatic heterocycles. The van der Waals surface area contributed by atoms with Crippen LogP contribution in [0.25, 0.3) is 0 Å². The number of carbonyl (C=O) groups is 1. The van der Waals surface area contributed by atoms with Gasteiger partial charge in [-0.1, -0.05) is 32.1 Å². The van der Waals surface area contributed by atoms with Crippen molar-refractivity contribution in [3.05, 3.63) is 88.5 Å². The maximum Gasteiger partial charge on any atom is 0.343 e. The molecule has 3 rings (SSSR count). The normalized spacial score (nSPS) is 11.3. The van der Waals surface area contributed by atoms with Crippen LogP contribution < -0.4 is 14.2 Å². The van der Waals surface area contributed by atoms with E-state index in [-0.39, 0.29) is 23.7 Å². The molecule has 3 aromatic rings. The average Bonchev–Trinajstić information content (AvgIpc) is 2.89. The molecule has 0 fully saturated rings. The standard InChI is InChI=1S/C28H24F4O4/c1-4-17(3)16-35-27-25(31)23(29)22(24(30)26(27)32)15-8-18-6-9-19(10-7-18)28(33)36-21-13-11-20(12-14-21)34-5-2/h6-7,9-14,17H,4-5,16H2,1-3H3/t17-/m0/s1. The lowest BCUT2D eigenvalue weighted by atomic mass is 10.1. The van der Waals surface area contributed by atoms with Crippen molar-refractivity contribution in [1.82, 2.24) is 0 Å². The molecule has 36 heavy (non-hydrogen) atoms. The highest BCUT2D eigenvalue weighted by Crippen LogP contribution is 2.30. The van der Waals surface area contributed by atoms with Gasteiger partial charge in [-0.2, -0.15) is 8.78 Å². The molecule has 0 amide bonds. The van der Waals surface area contributed by atoms with E-state index in [4.69, 9.17) is 14.2 Å². The van der Waals surface area contributed by atoms with Crippen LogP contribution in [-0.4, -0.2) is 19.2 Å². The van der Waals surface area contributed by atoms with Gasteiger partial charge in [0.2, 0.25) is 11.6 Å². The molecular weight excluding hydrogens is 476 g/mol. The maximum absolute atomic E-state index is 14.4. The van der Waals surface area contributed by atoms with E-state index in [1.54, 1.807) is 31.2 Å². The van der Waals surface area contributed by atoms with Crippen LogP contribution in [0.1, 0.15) is 48.7 Å². The summed E-state index contributed by atoms with van der Waals surface area (Å²) in [6.07, 6.45) is 0.663. The lowest BCUT2D eigenvalue weighted by Crippen LogP contribution is -2.12. The summed E-state index contributed by atoms with van der Waals surface area (Å²) in [6, 6.07) is 12.1. The SMILES string of the molecule is CCOc1ccc(OC(=O)c2ccc(C#Cc3c(F)c(F)c(OC[C@@H](C)CC)c(F)c3F)cc2)cc1. The molecule has 0 saturated carbocycles. The van der Waals surface area contributed by atoms with E-state index < -0.39 is 40.6 Å². The fourth-order valence-corrected chi connectivity index (χ4v) is 2.95. The summed E-state index contributed by atoms with van der Waals surface area (Å²) in [4.78, 5) is 12.3. The molecule has 1 atom stereocenters. The molecule has 188 valence electrons. The number of rotatable bonds is 8. The second kappa shape index (κ2) is 12.1. The van der Waals surface area contributed by atoms with Gasteiger partial charge in [-0.15, -0.1) is 0 Å². The summed E-state index contributed by atoms with van der Waals surface area (Å²) < 4.78 is 73.1. The fourth-order valence-electron chi connectivity index (χ4n) is 2.95. The average molecular weight is 500 g/mol. The third-order valence-electron chi connectivity index (χ3n) is 5.23. The highest BCUT2D eigenvalue weighted by Gasteiger charge is 2.26. The minimum absolute atomic E-state index is 0.0596. The molecule has 0 aliphatic heterocycles. The Balaban J connectivity index is 1.75. The third-order valence-corrected chi connectivity index (χ3v) is 5.23. The van der Waals surface area contributed by atoms with E-state index in [0.29, 0.717) is 24.5 Å². The van der Waals surface area contributed by atoms with E-state index in [2.05, 4.69) is 11.8 Å². The molecule has 0 bridgehead atoms. The molecular formula is C28H24F4O4. The number of halogens is 4. The Morgan fingerprint density at radius 2 is 1.39 bits per heavy atom. The quantitative estimate of drug-likeness (QED) is 0.114. The molecule has 4 nitrogen and oxygen atoms in total. The monoisotopic (exact) mass is 500 g/mol. The van der Waals surface area contributed by atoms with E-state index in [1.807, 2.05) is 13.8 Å². The number of esters is 1. The van der Waals surface area contributed by atoms with Crippen LogP contribution in [0.2, 0.25) is 0 Å². The highest BCUT2D eigenvalue weighted by molar-refractivity contribution is 5.91. The topological polar surface area (TPSA) is 44.8 Å². The summed E-state index contributed by atoms with van der Waals surface area (Å²) in [5.74, 6) is -2.85. The van der Waals surface area contributed by atoms with Crippen molar-refractivity contribution < 1.29 is 36.6 Å². The van der Waals surface area contributed by atoms with Gasteiger partial charge in [-0.05, 0) is 61.4 Å². The molecule has 0 unspecified atom stereocenters. The highest BCUT2D eigenvalue weighted by atomic mass is 19.2. The summed E-state index contributed by atoms with van der Waals surface area (Å²) in [5.41, 5.74) is -0.601. The zero-order valence-electron chi connectivity index (χ0n) is 20.0. The van der Waals surface area contributed by atoms with Crippen LogP contribution in [0.3, 0.4) is 0 Å². The summed E-state index contributed by atoms with van der Waals surface area (Å²) >= 11 is 0. The van der Waals surface area contributed by atoms with E-state index in [1.165, 1.54) is 24.3 Å². The maximum atomic E-state index is 14.4. The summed E-state index contributed by atoms with van der Waals surface area (Å²) in [6.45, 7) is 5.88. The smallest absolute Gasteiger partial charge is 0.343 e. The largest absolute Gasteiger partial charge is 0.494 e. The molecule has 0 N–H and O–H groups in total. The molecule has 0 saturated heterocycles. The van der Waals surface area contributed by atoms with Crippen LogP contribution >= 0.6 is 0 Å².